The summed E-state index contributed by atoms with van der Waals surface area (Å²) >= 11 is 0. The summed E-state index contributed by atoms with van der Waals surface area (Å²) in [5.41, 5.74) is 2.82. The Kier molecular flexibility index (Phi) is 4.74. The SMILES string of the molecule is COCCC(C)C(NN)c1nccn1C. The van der Waals surface area contributed by atoms with E-state index in [2.05, 4.69) is 17.3 Å². The first-order valence-electron chi connectivity index (χ1n) is 5.13. The van der Waals surface area contributed by atoms with E-state index in [9.17, 15) is 0 Å². The maximum atomic E-state index is 5.56. The molecule has 0 aliphatic rings. The second-order valence-corrected chi connectivity index (χ2v) is 3.80. The fourth-order valence-corrected chi connectivity index (χ4v) is 1.64. The van der Waals surface area contributed by atoms with Crippen LogP contribution >= 0.6 is 0 Å². The maximum absolute atomic E-state index is 5.56. The quantitative estimate of drug-likeness (QED) is 0.535. The molecule has 1 aromatic rings. The van der Waals surface area contributed by atoms with Gasteiger partial charge in [0.1, 0.15) is 5.82 Å². The van der Waals surface area contributed by atoms with Gasteiger partial charge < -0.3 is 9.30 Å². The molecule has 0 saturated carbocycles. The highest BCUT2D eigenvalue weighted by Gasteiger charge is 2.21. The van der Waals surface area contributed by atoms with Crippen LogP contribution in [-0.4, -0.2) is 23.3 Å². The number of hydrazine groups is 1. The van der Waals surface area contributed by atoms with E-state index < -0.39 is 0 Å². The van der Waals surface area contributed by atoms with E-state index in [1.165, 1.54) is 0 Å². The van der Waals surface area contributed by atoms with Crippen molar-refractivity contribution in [3.63, 3.8) is 0 Å². The molecule has 0 radical (unpaired) electrons. The number of imidazole rings is 1. The van der Waals surface area contributed by atoms with E-state index in [0.29, 0.717) is 5.92 Å². The van der Waals surface area contributed by atoms with Gasteiger partial charge in [0.25, 0.3) is 0 Å². The first-order chi connectivity index (χ1) is 7.20. The van der Waals surface area contributed by atoms with Crippen molar-refractivity contribution in [3.8, 4) is 0 Å². The van der Waals surface area contributed by atoms with Gasteiger partial charge in [0.2, 0.25) is 0 Å². The van der Waals surface area contributed by atoms with E-state index in [0.717, 1.165) is 18.9 Å². The number of nitrogens with two attached hydrogens (primary N) is 1. The number of aryl methyl sites for hydroxylation is 1. The second kappa shape index (κ2) is 5.85. The molecule has 5 heteroatoms. The molecule has 0 fully saturated rings. The standard InChI is InChI=1S/C10H20N4O/c1-8(4-7-15-3)9(13-11)10-12-5-6-14(10)2/h5-6,8-9,13H,4,7,11H2,1-3H3. The van der Waals surface area contributed by atoms with Crippen LogP contribution in [0.2, 0.25) is 0 Å². The minimum absolute atomic E-state index is 0.0696. The molecule has 0 bridgehead atoms. The van der Waals surface area contributed by atoms with Gasteiger partial charge in [0.15, 0.2) is 0 Å². The molecule has 0 aliphatic heterocycles. The van der Waals surface area contributed by atoms with Gasteiger partial charge in [0.05, 0.1) is 6.04 Å². The zero-order valence-corrected chi connectivity index (χ0v) is 9.60. The average Bonchev–Trinajstić information content (AvgIpc) is 2.63. The van der Waals surface area contributed by atoms with E-state index in [-0.39, 0.29) is 6.04 Å². The summed E-state index contributed by atoms with van der Waals surface area (Å²) < 4.78 is 7.04. The molecule has 1 heterocycles. The summed E-state index contributed by atoms with van der Waals surface area (Å²) in [4.78, 5) is 4.30. The van der Waals surface area contributed by atoms with Crippen LogP contribution in [0.1, 0.15) is 25.2 Å². The lowest BCUT2D eigenvalue weighted by atomic mass is 9.98. The topological polar surface area (TPSA) is 65.1 Å². The highest BCUT2D eigenvalue weighted by atomic mass is 16.5. The van der Waals surface area contributed by atoms with Crippen LogP contribution in [0.3, 0.4) is 0 Å². The van der Waals surface area contributed by atoms with E-state index in [1.54, 1.807) is 13.3 Å². The third-order valence-corrected chi connectivity index (χ3v) is 2.66. The van der Waals surface area contributed by atoms with Crippen LogP contribution in [0.25, 0.3) is 0 Å². The van der Waals surface area contributed by atoms with Gasteiger partial charge in [-0.3, -0.25) is 5.84 Å². The van der Waals surface area contributed by atoms with Crippen molar-refractivity contribution >= 4 is 0 Å². The summed E-state index contributed by atoms with van der Waals surface area (Å²) in [6.45, 7) is 2.88. The number of hydrogen-bond acceptors (Lipinski definition) is 4. The fraction of sp³-hybridized carbons (Fsp3) is 0.700. The molecule has 1 rings (SSSR count). The Morgan fingerprint density at radius 1 is 1.67 bits per heavy atom. The largest absolute Gasteiger partial charge is 0.385 e. The van der Waals surface area contributed by atoms with Gasteiger partial charge in [0, 0.05) is 33.2 Å². The number of nitrogens with one attached hydrogen (secondary N) is 1. The number of ether oxygens (including phenoxy) is 1. The summed E-state index contributed by atoms with van der Waals surface area (Å²) in [6, 6.07) is 0.0696. The van der Waals surface area contributed by atoms with E-state index in [4.69, 9.17) is 10.6 Å². The maximum Gasteiger partial charge on any atom is 0.127 e. The minimum atomic E-state index is 0.0696. The van der Waals surface area contributed by atoms with Crippen molar-refractivity contribution in [1.82, 2.24) is 15.0 Å². The number of aromatic nitrogens is 2. The van der Waals surface area contributed by atoms with Crippen LogP contribution in [0.5, 0.6) is 0 Å². The number of methoxy groups -OCH3 is 1. The first kappa shape index (κ1) is 12.2. The van der Waals surface area contributed by atoms with Gasteiger partial charge >= 0.3 is 0 Å². The molecule has 0 aromatic carbocycles. The molecular weight excluding hydrogens is 192 g/mol. The Bertz CT molecular complexity index is 287. The zero-order valence-electron chi connectivity index (χ0n) is 9.60. The van der Waals surface area contributed by atoms with Gasteiger partial charge in [-0.05, 0) is 12.3 Å². The summed E-state index contributed by atoms with van der Waals surface area (Å²) in [7, 11) is 3.67. The average molecular weight is 212 g/mol. The zero-order chi connectivity index (χ0) is 11.3. The molecule has 5 nitrogen and oxygen atoms in total. The molecule has 0 aliphatic carbocycles. The Morgan fingerprint density at radius 3 is 2.87 bits per heavy atom. The van der Waals surface area contributed by atoms with Gasteiger partial charge in [-0.25, -0.2) is 10.4 Å². The van der Waals surface area contributed by atoms with Crippen LogP contribution in [0.4, 0.5) is 0 Å². The summed E-state index contributed by atoms with van der Waals surface area (Å²) in [5.74, 6) is 6.91. The third kappa shape index (κ3) is 3.02. The predicted molar refractivity (Wildman–Crippen MR) is 58.9 cm³/mol. The third-order valence-electron chi connectivity index (χ3n) is 2.66. The monoisotopic (exact) mass is 212 g/mol. The normalized spacial score (nSPS) is 15.2. The van der Waals surface area contributed by atoms with Crippen molar-refractivity contribution < 1.29 is 4.74 Å². The van der Waals surface area contributed by atoms with Crippen LogP contribution in [0, 0.1) is 5.92 Å². The number of hydrogen-bond donors (Lipinski definition) is 2. The molecular formula is C10H20N4O. The second-order valence-electron chi connectivity index (χ2n) is 3.80. The van der Waals surface area contributed by atoms with Crippen LogP contribution < -0.4 is 11.3 Å². The summed E-state index contributed by atoms with van der Waals surface area (Å²) in [5, 5.41) is 0. The van der Waals surface area contributed by atoms with Crippen molar-refractivity contribution in [2.45, 2.75) is 19.4 Å². The van der Waals surface area contributed by atoms with Crippen molar-refractivity contribution in [2.75, 3.05) is 13.7 Å². The predicted octanol–water partition coefficient (Wildman–Crippen LogP) is 0.597. The molecule has 2 atom stereocenters. The Morgan fingerprint density at radius 2 is 2.40 bits per heavy atom. The minimum Gasteiger partial charge on any atom is -0.385 e. The van der Waals surface area contributed by atoms with E-state index >= 15 is 0 Å². The van der Waals surface area contributed by atoms with Crippen molar-refractivity contribution in [3.05, 3.63) is 18.2 Å². The Balaban J connectivity index is 2.67. The molecule has 2 unspecified atom stereocenters. The van der Waals surface area contributed by atoms with E-state index in [1.807, 2.05) is 17.8 Å². The highest BCUT2D eigenvalue weighted by molar-refractivity contribution is 4.99. The Labute approximate surface area is 90.6 Å². The number of rotatable bonds is 6. The molecule has 15 heavy (non-hydrogen) atoms. The highest BCUT2D eigenvalue weighted by Crippen LogP contribution is 2.21. The van der Waals surface area contributed by atoms with Crippen molar-refractivity contribution in [1.29, 1.82) is 0 Å². The van der Waals surface area contributed by atoms with Gasteiger partial charge in [-0.2, -0.15) is 0 Å². The molecule has 3 N–H and O–H groups in total. The number of nitrogens with zero attached hydrogens (tertiary/aromatic N) is 2. The molecule has 0 saturated heterocycles. The van der Waals surface area contributed by atoms with Crippen LogP contribution in [-0.2, 0) is 11.8 Å². The fourth-order valence-electron chi connectivity index (χ4n) is 1.64. The van der Waals surface area contributed by atoms with Gasteiger partial charge in [-0.1, -0.05) is 6.92 Å². The lowest BCUT2D eigenvalue weighted by molar-refractivity contribution is 0.168. The lowest BCUT2D eigenvalue weighted by Gasteiger charge is -2.22. The summed E-state index contributed by atoms with van der Waals surface area (Å²) in [6.07, 6.45) is 4.66. The van der Waals surface area contributed by atoms with Gasteiger partial charge in [-0.15, -0.1) is 0 Å². The Hall–Kier alpha value is -0.910. The van der Waals surface area contributed by atoms with Crippen LogP contribution in [0.15, 0.2) is 12.4 Å². The molecule has 86 valence electrons. The smallest absolute Gasteiger partial charge is 0.127 e. The molecule has 0 amide bonds. The lowest BCUT2D eigenvalue weighted by Crippen LogP contribution is -2.34. The van der Waals surface area contributed by atoms with Crippen molar-refractivity contribution in [2.24, 2.45) is 18.8 Å². The molecule has 1 aromatic heterocycles. The first-order valence-corrected chi connectivity index (χ1v) is 5.13. The molecule has 0 spiro atoms.